The topological polar surface area (TPSA) is 63.1 Å². The maximum atomic E-state index is 12.4. The number of aryl methyl sites for hydroxylation is 1. The Kier molecular flexibility index (Phi) is 5.66. The van der Waals surface area contributed by atoms with Crippen LogP contribution >= 0.6 is 11.8 Å². The van der Waals surface area contributed by atoms with Gasteiger partial charge in [0, 0.05) is 19.6 Å². The molecule has 2 aromatic rings. The summed E-state index contributed by atoms with van der Waals surface area (Å²) in [6.07, 6.45) is 6.65. The van der Waals surface area contributed by atoms with E-state index in [0.29, 0.717) is 0 Å². The Morgan fingerprint density at radius 2 is 1.81 bits per heavy atom. The molecule has 6 nitrogen and oxygen atoms in total. The van der Waals surface area contributed by atoms with E-state index in [1.54, 1.807) is 11.8 Å². The number of thioether (sulfide) groups is 1. The number of nitrogens with one attached hydrogen (secondary N) is 1. The van der Waals surface area contributed by atoms with Crippen molar-refractivity contribution in [1.82, 2.24) is 20.1 Å². The second-order valence-corrected chi connectivity index (χ2v) is 8.56. The van der Waals surface area contributed by atoms with E-state index in [2.05, 4.69) is 56.2 Å². The van der Waals surface area contributed by atoms with Crippen molar-refractivity contribution in [2.24, 2.45) is 0 Å². The van der Waals surface area contributed by atoms with Gasteiger partial charge in [-0.2, -0.15) is 0 Å². The number of benzene rings is 1. The highest BCUT2D eigenvalue weighted by Crippen LogP contribution is 2.32. The van der Waals surface area contributed by atoms with Crippen LogP contribution in [-0.4, -0.2) is 45.6 Å². The van der Waals surface area contributed by atoms with E-state index in [-0.39, 0.29) is 11.2 Å². The van der Waals surface area contributed by atoms with Crippen LogP contribution in [0.5, 0.6) is 0 Å². The lowest BCUT2D eigenvalue weighted by Crippen LogP contribution is -2.32. The molecule has 2 saturated heterocycles. The van der Waals surface area contributed by atoms with Crippen LogP contribution < -0.4 is 10.2 Å². The Hall–Kier alpha value is -2.02. The molecule has 144 valence electrons. The summed E-state index contributed by atoms with van der Waals surface area (Å²) in [6.45, 7) is 4.89. The molecular weight excluding hydrogens is 358 g/mol. The summed E-state index contributed by atoms with van der Waals surface area (Å²) < 4.78 is 2.13. The smallest absolute Gasteiger partial charge is 0.233 e. The van der Waals surface area contributed by atoms with E-state index in [1.807, 2.05) is 0 Å². The minimum absolute atomic E-state index is 0.102. The Morgan fingerprint density at radius 3 is 2.59 bits per heavy atom. The van der Waals surface area contributed by atoms with Crippen LogP contribution in [0.2, 0.25) is 0 Å². The van der Waals surface area contributed by atoms with Crippen LogP contribution in [0.3, 0.4) is 0 Å². The predicted octanol–water partition coefficient (Wildman–Crippen LogP) is 3.33. The first kappa shape index (κ1) is 18.3. The van der Waals surface area contributed by atoms with E-state index in [0.717, 1.165) is 55.7 Å². The van der Waals surface area contributed by atoms with E-state index in [9.17, 15) is 4.79 Å². The molecule has 4 rings (SSSR count). The molecule has 1 aromatic carbocycles. The molecule has 3 heterocycles. The van der Waals surface area contributed by atoms with Gasteiger partial charge in [0.25, 0.3) is 0 Å². The summed E-state index contributed by atoms with van der Waals surface area (Å²) in [4.78, 5) is 14.7. The first-order valence-corrected chi connectivity index (χ1v) is 10.8. The highest BCUT2D eigenvalue weighted by Gasteiger charge is 2.27. The third-order valence-electron chi connectivity index (χ3n) is 5.28. The number of rotatable bonds is 4. The number of amides is 1. The van der Waals surface area contributed by atoms with Crippen LogP contribution in [0.15, 0.2) is 29.4 Å². The van der Waals surface area contributed by atoms with Crippen LogP contribution in [-0.2, 0) is 4.79 Å². The molecule has 1 aromatic heterocycles. The van der Waals surface area contributed by atoms with E-state index >= 15 is 0 Å². The molecule has 7 heteroatoms. The fourth-order valence-electron chi connectivity index (χ4n) is 3.71. The molecule has 2 aliphatic rings. The number of carbonyl (C=O) groups is 1. The van der Waals surface area contributed by atoms with E-state index in [4.69, 9.17) is 0 Å². The van der Waals surface area contributed by atoms with Crippen molar-refractivity contribution < 1.29 is 4.79 Å². The zero-order valence-electron chi connectivity index (χ0n) is 15.9. The Labute approximate surface area is 164 Å². The number of nitrogens with zero attached hydrogens (tertiary/aromatic N) is 4. The summed E-state index contributed by atoms with van der Waals surface area (Å²) in [6, 6.07) is 8.46. The number of hydrogen-bond acceptors (Lipinski definition) is 5. The van der Waals surface area contributed by atoms with Gasteiger partial charge in [0.05, 0.1) is 10.9 Å². The summed E-state index contributed by atoms with van der Waals surface area (Å²) in [5.41, 5.74) is 2.28. The van der Waals surface area contributed by atoms with Crippen molar-refractivity contribution in [2.75, 3.05) is 24.5 Å². The van der Waals surface area contributed by atoms with Crippen LogP contribution in [0.25, 0.3) is 5.69 Å². The fourth-order valence-corrected chi connectivity index (χ4v) is 4.82. The molecule has 0 aliphatic carbocycles. The summed E-state index contributed by atoms with van der Waals surface area (Å²) in [7, 11) is 0. The van der Waals surface area contributed by atoms with Gasteiger partial charge in [-0.15, -0.1) is 10.2 Å². The lowest BCUT2D eigenvalue weighted by atomic mass is 10.1. The zero-order chi connectivity index (χ0) is 18.6. The van der Waals surface area contributed by atoms with Crippen molar-refractivity contribution in [1.29, 1.82) is 0 Å². The van der Waals surface area contributed by atoms with Crippen molar-refractivity contribution in [3.63, 3.8) is 0 Å². The standard InChI is InChI=1S/C20H27N5OS/c1-15-8-10-16(11-9-15)25-19(24-13-5-2-6-14-24)22-23-20(25)27-17-7-3-4-12-21-18(17)26/h8-11,17H,2-7,12-14H2,1H3,(H,21,26). The molecule has 1 N–H and O–H groups in total. The molecule has 2 fully saturated rings. The van der Waals surface area contributed by atoms with Gasteiger partial charge in [0.1, 0.15) is 0 Å². The third-order valence-corrected chi connectivity index (χ3v) is 6.49. The molecule has 1 unspecified atom stereocenters. The summed E-state index contributed by atoms with van der Waals surface area (Å²) in [5, 5.41) is 12.8. The third kappa shape index (κ3) is 4.13. The molecule has 27 heavy (non-hydrogen) atoms. The number of aromatic nitrogens is 3. The van der Waals surface area contributed by atoms with Crippen molar-refractivity contribution >= 4 is 23.6 Å². The first-order chi connectivity index (χ1) is 13.2. The quantitative estimate of drug-likeness (QED) is 0.875. The van der Waals surface area contributed by atoms with Crippen molar-refractivity contribution in [2.45, 2.75) is 55.9 Å². The van der Waals surface area contributed by atoms with Crippen molar-refractivity contribution in [3.8, 4) is 5.69 Å². The van der Waals surface area contributed by atoms with Gasteiger partial charge in [-0.05, 0) is 51.2 Å². The molecule has 0 radical (unpaired) electrons. The number of carbonyl (C=O) groups excluding carboxylic acids is 1. The second kappa shape index (κ2) is 8.33. The van der Waals surface area contributed by atoms with Crippen LogP contribution in [0.4, 0.5) is 5.95 Å². The van der Waals surface area contributed by atoms with Gasteiger partial charge >= 0.3 is 0 Å². The van der Waals surface area contributed by atoms with Gasteiger partial charge in [0.2, 0.25) is 11.9 Å². The molecule has 2 aliphatic heterocycles. The van der Waals surface area contributed by atoms with Gasteiger partial charge in [-0.1, -0.05) is 35.9 Å². The summed E-state index contributed by atoms with van der Waals surface area (Å²) >= 11 is 1.55. The average Bonchev–Trinajstić information content (AvgIpc) is 3.00. The van der Waals surface area contributed by atoms with E-state index < -0.39 is 0 Å². The van der Waals surface area contributed by atoms with Crippen LogP contribution in [0.1, 0.15) is 44.1 Å². The highest BCUT2D eigenvalue weighted by molar-refractivity contribution is 8.00. The van der Waals surface area contributed by atoms with Gasteiger partial charge < -0.3 is 10.2 Å². The number of piperidine rings is 1. The second-order valence-electron chi connectivity index (χ2n) is 7.39. The molecular formula is C20H27N5OS. The minimum atomic E-state index is -0.102. The minimum Gasteiger partial charge on any atom is -0.355 e. The SMILES string of the molecule is Cc1ccc(-n2c(SC3CCCCNC3=O)nnc2N2CCCCC2)cc1. The number of hydrogen-bond donors (Lipinski definition) is 1. The maximum absolute atomic E-state index is 12.4. The largest absolute Gasteiger partial charge is 0.355 e. The molecule has 1 atom stereocenters. The monoisotopic (exact) mass is 385 g/mol. The van der Waals surface area contributed by atoms with Crippen LogP contribution in [0, 0.1) is 6.92 Å². The lowest BCUT2D eigenvalue weighted by molar-refractivity contribution is -0.120. The maximum Gasteiger partial charge on any atom is 0.233 e. The summed E-state index contributed by atoms with van der Waals surface area (Å²) in [5.74, 6) is 1.02. The van der Waals surface area contributed by atoms with Gasteiger partial charge in [-0.25, -0.2) is 0 Å². The highest BCUT2D eigenvalue weighted by atomic mass is 32.2. The lowest BCUT2D eigenvalue weighted by Gasteiger charge is -2.28. The van der Waals surface area contributed by atoms with Gasteiger partial charge in [-0.3, -0.25) is 9.36 Å². The normalized spacial score (nSPS) is 21.0. The Balaban J connectivity index is 1.68. The van der Waals surface area contributed by atoms with E-state index in [1.165, 1.54) is 24.8 Å². The predicted molar refractivity (Wildman–Crippen MR) is 109 cm³/mol. The first-order valence-electron chi connectivity index (χ1n) is 9.94. The number of anilines is 1. The Bertz CT molecular complexity index is 782. The van der Waals surface area contributed by atoms with Gasteiger partial charge in [0.15, 0.2) is 5.16 Å². The molecule has 0 saturated carbocycles. The molecule has 0 spiro atoms. The fraction of sp³-hybridized carbons (Fsp3) is 0.550. The average molecular weight is 386 g/mol. The Morgan fingerprint density at radius 1 is 1.04 bits per heavy atom. The molecule has 0 bridgehead atoms. The molecule has 1 amide bonds. The van der Waals surface area contributed by atoms with Crippen molar-refractivity contribution in [3.05, 3.63) is 29.8 Å². The zero-order valence-corrected chi connectivity index (χ0v) is 16.7.